The van der Waals surface area contributed by atoms with Crippen molar-refractivity contribution in [2.45, 2.75) is 38.6 Å². The second-order valence-corrected chi connectivity index (χ2v) is 6.06. The topological polar surface area (TPSA) is 38.3 Å². The van der Waals surface area contributed by atoms with Crippen molar-refractivity contribution >= 4 is 27.6 Å². The molecular formula is C15H18BrF2NO2. The first-order chi connectivity index (χ1) is 10.0. The number of ether oxygens (including phenoxy) is 1. The standard InChI is InChI=1S/C15H18BrF2NO2/c1-2-21-15(20)9-4-3-5-10(6-9)19-14-8-12(17)11(16)7-13(14)18/h7-10,19H,2-6H2,1H3. The molecule has 3 nitrogen and oxygen atoms in total. The molecule has 6 heteroatoms. The molecule has 116 valence electrons. The zero-order valence-corrected chi connectivity index (χ0v) is 13.4. The van der Waals surface area contributed by atoms with Crippen LogP contribution in [-0.4, -0.2) is 18.6 Å². The summed E-state index contributed by atoms with van der Waals surface area (Å²) in [6.45, 7) is 2.14. The van der Waals surface area contributed by atoms with Crippen LogP contribution < -0.4 is 5.32 Å². The summed E-state index contributed by atoms with van der Waals surface area (Å²) in [4.78, 5) is 11.8. The highest BCUT2D eigenvalue weighted by Gasteiger charge is 2.28. The molecule has 2 rings (SSSR count). The van der Waals surface area contributed by atoms with Crippen molar-refractivity contribution in [1.82, 2.24) is 0 Å². The van der Waals surface area contributed by atoms with Crippen LogP contribution in [0.25, 0.3) is 0 Å². The SMILES string of the molecule is CCOC(=O)C1CCCC(Nc2cc(F)c(Br)cc2F)C1. The summed E-state index contributed by atoms with van der Waals surface area (Å²) in [6, 6.07) is 2.18. The van der Waals surface area contributed by atoms with Gasteiger partial charge in [-0.05, 0) is 48.2 Å². The molecule has 1 aromatic carbocycles. The Bertz CT molecular complexity index is 525. The molecule has 0 spiro atoms. The van der Waals surface area contributed by atoms with Crippen LogP contribution in [0.15, 0.2) is 16.6 Å². The van der Waals surface area contributed by atoms with Gasteiger partial charge < -0.3 is 10.1 Å². The maximum Gasteiger partial charge on any atom is 0.308 e. The molecule has 0 radical (unpaired) electrons. The lowest BCUT2D eigenvalue weighted by molar-refractivity contribution is -0.149. The van der Waals surface area contributed by atoms with E-state index in [2.05, 4.69) is 21.2 Å². The van der Waals surface area contributed by atoms with E-state index >= 15 is 0 Å². The molecule has 1 aromatic rings. The lowest BCUT2D eigenvalue weighted by Gasteiger charge is -2.29. The van der Waals surface area contributed by atoms with Gasteiger partial charge in [0.1, 0.15) is 11.6 Å². The fourth-order valence-corrected chi connectivity index (χ4v) is 2.96. The Balaban J connectivity index is 2.03. The molecule has 0 aromatic heterocycles. The van der Waals surface area contributed by atoms with Crippen molar-refractivity contribution in [3.05, 3.63) is 28.2 Å². The molecule has 21 heavy (non-hydrogen) atoms. The maximum atomic E-state index is 13.8. The molecule has 0 heterocycles. The number of carbonyl (C=O) groups excluding carboxylic acids is 1. The molecule has 0 aliphatic heterocycles. The quantitative estimate of drug-likeness (QED) is 0.643. The second-order valence-electron chi connectivity index (χ2n) is 5.20. The summed E-state index contributed by atoms with van der Waals surface area (Å²) in [6.07, 6.45) is 3.05. The Morgan fingerprint density at radius 1 is 1.38 bits per heavy atom. The highest BCUT2D eigenvalue weighted by atomic mass is 79.9. The van der Waals surface area contributed by atoms with E-state index in [9.17, 15) is 13.6 Å². The second kappa shape index (κ2) is 7.20. The number of rotatable bonds is 4. The lowest BCUT2D eigenvalue weighted by Crippen LogP contribution is -2.32. The van der Waals surface area contributed by atoms with Crippen molar-refractivity contribution < 1.29 is 18.3 Å². The average Bonchev–Trinajstić information content (AvgIpc) is 2.45. The van der Waals surface area contributed by atoms with Crippen LogP contribution in [0.1, 0.15) is 32.6 Å². The third-order valence-corrected chi connectivity index (χ3v) is 4.27. The summed E-state index contributed by atoms with van der Waals surface area (Å²) in [7, 11) is 0. The molecule has 1 aliphatic carbocycles. The minimum atomic E-state index is -0.517. The van der Waals surface area contributed by atoms with Crippen LogP contribution >= 0.6 is 15.9 Å². The molecule has 2 atom stereocenters. The van der Waals surface area contributed by atoms with Crippen LogP contribution in [0.4, 0.5) is 14.5 Å². The Hall–Kier alpha value is -1.17. The number of hydrogen-bond acceptors (Lipinski definition) is 3. The summed E-state index contributed by atoms with van der Waals surface area (Å²) >= 11 is 2.95. The van der Waals surface area contributed by atoms with Crippen LogP contribution in [0.3, 0.4) is 0 Å². The van der Waals surface area contributed by atoms with Crippen molar-refractivity contribution in [1.29, 1.82) is 0 Å². The summed E-state index contributed by atoms with van der Waals surface area (Å²) in [5.74, 6) is -1.40. The molecule has 0 amide bonds. The van der Waals surface area contributed by atoms with Gasteiger partial charge in [0.15, 0.2) is 0 Å². The van der Waals surface area contributed by atoms with Gasteiger partial charge in [-0.2, -0.15) is 0 Å². The zero-order chi connectivity index (χ0) is 15.4. The fourth-order valence-electron chi connectivity index (χ4n) is 2.65. The largest absolute Gasteiger partial charge is 0.466 e. The maximum absolute atomic E-state index is 13.8. The molecule has 2 unspecified atom stereocenters. The monoisotopic (exact) mass is 361 g/mol. The summed E-state index contributed by atoms with van der Waals surface area (Å²) in [5, 5.41) is 3.00. The van der Waals surface area contributed by atoms with Gasteiger partial charge in [0.05, 0.1) is 22.7 Å². The fraction of sp³-hybridized carbons (Fsp3) is 0.533. The van der Waals surface area contributed by atoms with E-state index in [-0.39, 0.29) is 28.1 Å². The Kier molecular flexibility index (Phi) is 5.56. The molecule has 0 bridgehead atoms. The van der Waals surface area contributed by atoms with E-state index in [4.69, 9.17) is 4.74 Å². The smallest absolute Gasteiger partial charge is 0.308 e. The zero-order valence-electron chi connectivity index (χ0n) is 11.8. The van der Waals surface area contributed by atoms with Gasteiger partial charge in [0.2, 0.25) is 0 Å². The van der Waals surface area contributed by atoms with Crippen molar-refractivity contribution in [2.75, 3.05) is 11.9 Å². The van der Waals surface area contributed by atoms with E-state index in [0.29, 0.717) is 13.0 Å². The van der Waals surface area contributed by atoms with Gasteiger partial charge in [-0.1, -0.05) is 6.42 Å². The van der Waals surface area contributed by atoms with Gasteiger partial charge in [-0.3, -0.25) is 4.79 Å². The molecule has 1 N–H and O–H groups in total. The van der Waals surface area contributed by atoms with Crippen LogP contribution in [-0.2, 0) is 9.53 Å². The number of hydrogen-bond donors (Lipinski definition) is 1. The predicted molar refractivity (Wildman–Crippen MR) is 80.1 cm³/mol. The Morgan fingerprint density at radius 3 is 2.86 bits per heavy atom. The number of carbonyl (C=O) groups is 1. The Morgan fingerprint density at radius 2 is 2.14 bits per heavy atom. The minimum Gasteiger partial charge on any atom is -0.466 e. The highest BCUT2D eigenvalue weighted by molar-refractivity contribution is 9.10. The first kappa shape index (κ1) is 16.2. The molecule has 1 saturated carbocycles. The van der Waals surface area contributed by atoms with Crippen molar-refractivity contribution in [2.24, 2.45) is 5.92 Å². The van der Waals surface area contributed by atoms with Crippen LogP contribution in [0.5, 0.6) is 0 Å². The molecule has 1 fully saturated rings. The minimum absolute atomic E-state index is 0.0526. The van der Waals surface area contributed by atoms with Crippen molar-refractivity contribution in [3.8, 4) is 0 Å². The average molecular weight is 362 g/mol. The van der Waals surface area contributed by atoms with Crippen LogP contribution in [0, 0.1) is 17.6 Å². The first-order valence-corrected chi connectivity index (χ1v) is 7.88. The summed E-state index contributed by atoms with van der Waals surface area (Å²) in [5.41, 5.74) is 0.130. The van der Waals surface area contributed by atoms with Gasteiger partial charge in [-0.15, -0.1) is 0 Å². The van der Waals surface area contributed by atoms with Crippen LogP contribution in [0.2, 0.25) is 0 Å². The normalized spacial score (nSPS) is 21.9. The van der Waals surface area contributed by atoms with Gasteiger partial charge >= 0.3 is 5.97 Å². The van der Waals surface area contributed by atoms with E-state index in [1.165, 1.54) is 0 Å². The number of anilines is 1. The van der Waals surface area contributed by atoms with E-state index in [1.54, 1.807) is 6.92 Å². The first-order valence-electron chi connectivity index (χ1n) is 7.09. The number of esters is 1. The Labute approximate surface area is 131 Å². The third kappa shape index (κ3) is 4.15. The van der Waals surface area contributed by atoms with Gasteiger partial charge in [0.25, 0.3) is 0 Å². The van der Waals surface area contributed by atoms with Crippen molar-refractivity contribution in [3.63, 3.8) is 0 Å². The predicted octanol–water partition coefficient (Wildman–Crippen LogP) is 4.26. The molecule has 1 aliphatic rings. The van der Waals surface area contributed by atoms with E-state index in [0.717, 1.165) is 31.4 Å². The highest BCUT2D eigenvalue weighted by Crippen LogP contribution is 2.30. The lowest BCUT2D eigenvalue weighted by atomic mass is 9.85. The number of nitrogens with one attached hydrogen (secondary N) is 1. The summed E-state index contributed by atoms with van der Waals surface area (Å²) < 4.78 is 32.4. The number of halogens is 3. The molecular weight excluding hydrogens is 344 g/mol. The van der Waals surface area contributed by atoms with Gasteiger partial charge in [-0.25, -0.2) is 8.78 Å². The van der Waals surface area contributed by atoms with Gasteiger partial charge in [0, 0.05) is 12.1 Å². The third-order valence-electron chi connectivity index (χ3n) is 3.66. The molecule has 0 saturated heterocycles. The van der Waals surface area contributed by atoms with E-state index < -0.39 is 11.6 Å². The van der Waals surface area contributed by atoms with E-state index in [1.807, 2.05) is 0 Å². The number of benzene rings is 1.